The van der Waals surface area contributed by atoms with Gasteiger partial charge < -0.3 is 11.1 Å². The van der Waals surface area contributed by atoms with Crippen LogP contribution in [-0.2, 0) is 6.54 Å². The van der Waals surface area contributed by atoms with E-state index in [1.165, 1.54) is 4.90 Å². The predicted octanol–water partition coefficient (Wildman–Crippen LogP) is 3.12. The Morgan fingerprint density at radius 3 is 2.58 bits per heavy atom. The van der Waals surface area contributed by atoms with E-state index in [0.29, 0.717) is 5.56 Å². The van der Waals surface area contributed by atoms with Crippen LogP contribution in [0.5, 0.6) is 0 Å². The minimum Gasteiger partial charge on any atom is -0.381 e. The summed E-state index contributed by atoms with van der Waals surface area (Å²) < 4.78 is 0. The van der Waals surface area contributed by atoms with Crippen LogP contribution in [0.1, 0.15) is 15.9 Å². The fourth-order valence-corrected chi connectivity index (χ4v) is 2.18. The molecule has 3 N–H and O–H groups in total. The van der Waals surface area contributed by atoms with Crippen LogP contribution in [0.3, 0.4) is 0 Å². The van der Waals surface area contributed by atoms with E-state index < -0.39 is 5.91 Å². The maximum Gasteiger partial charge on any atom is 0.248 e. The molecule has 0 aliphatic carbocycles. The molecule has 0 unspecified atom stereocenters. The van der Waals surface area contributed by atoms with Crippen molar-refractivity contribution >= 4 is 23.4 Å². The zero-order valence-corrected chi connectivity index (χ0v) is 11.5. The molecule has 0 aromatic heterocycles. The van der Waals surface area contributed by atoms with E-state index in [9.17, 15) is 4.79 Å². The van der Waals surface area contributed by atoms with Gasteiger partial charge in [0.1, 0.15) is 0 Å². The summed E-state index contributed by atoms with van der Waals surface area (Å²) in [6.45, 7) is 0.719. The summed E-state index contributed by atoms with van der Waals surface area (Å²) >= 11 is 1.72. The molecule has 2 rings (SSSR count). The van der Waals surface area contributed by atoms with Crippen LogP contribution in [0.4, 0.5) is 5.69 Å². The van der Waals surface area contributed by atoms with Gasteiger partial charge in [0.2, 0.25) is 5.91 Å². The van der Waals surface area contributed by atoms with Crippen LogP contribution in [-0.4, -0.2) is 12.2 Å². The quantitative estimate of drug-likeness (QED) is 0.822. The van der Waals surface area contributed by atoms with Crippen LogP contribution < -0.4 is 11.1 Å². The highest BCUT2D eigenvalue weighted by Crippen LogP contribution is 2.19. The number of nitrogens with one attached hydrogen (secondary N) is 1. The lowest BCUT2D eigenvalue weighted by atomic mass is 10.1. The fraction of sp³-hybridized carbons (Fsp3) is 0.133. The van der Waals surface area contributed by atoms with Crippen molar-refractivity contribution < 1.29 is 4.79 Å². The van der Waals surface area contributed by atoms with Crippen molar-refractivity contribution in [2.24, 2.45) is 5.73 Å². The average molecular weight is 272 g/mol. The number of amides is 1. The van der Waals surface area contributed by atoms with Gasteiger partial charge in [-0.25, -0.2) is 0 Å². The number of thioether (sulfide) groups is 1. The minimum absolute atomic E-state index is 0.396. The van der Waals surface area contributed by atoms with Gasteiger partial charge in [-0.05, 0) is 42.2 Å². The first kappa shape index (κ1) is 13.5. The number of carbonyl (C=O) groups excluding carboxylic acids is 1. The molecule has 4 heteroatoms. The molecule has 0 radical (unpaired) electrons. The molecule has 19 heavy (non-hydrogen) atoms. The van der Waals surface area contributed by atoms with Gasteiger partial charge >= 0.3 is 0 Å². The normalized spacial score (nSPS) is 10.2. The summed E-state index contributed by atoms with van der Waals surface area (Å²) in [7, 11) is 0. The van der Waals surface area contributed by atoms with E-state index in [1.54, 1.807) is 23.9 Å². The van der Waals surface area contributed by atoms with Crippen LogP contribution >= 0.6 is 11.8 Å². The third-order valence-electron chi connectivity index (χ3n) is 2.80. The Morgan fingerprint density at radius 2 is 1.95 bits per heavy atom. The molecule has 0 saturated carbocycles. The number of rotatable bonds is 5. The van der Waals surface area contributed by atoms with Gasteiger partial charge in [0.05, 0.1) is 0 Å². The minimum atomic E-state index is -0.396. The molecule has 0 spiro atoms. The molecule has 0 bridgehead atoms. The molecule has 0 saturated heterocycles. The van der Waals surface area contributed by atoms with Crippen LogP contribution in [0.2, 0.25) is 0 Å². The molecular weight excluding hydrogens is 256 g/mol. The van der Waals surface area contributed by atoms with Crippen molar-refractivity contribution in [1.29, 1.82) is 0 Å². The molecule has 2 aromatic rings. The van der Waals surface area contributed by atoms with Gasteiger partial charge in [0.15, 0.2) is 0 Å². The SMILES string of the molecule is CSc1cccc(NCc2ccc(C(N)=O)cc2)c1. The van der Waals surface area contributed by atoms with Crippen molar-refractivity contribution in [3.63, 3.8) is 0 Å². The molecule has 98 valence electrons. The summed E-state index contributed by atoms with van der Waals surface area (Å²) in [5.74, 6) is -0.396. The molecule has 0 aliphatic rings. The smallest absolute Gasteiger partial charge is 0.248 e. The zero-order chi connectivity index (χ0) is 13.7. The Balaban J connectivity index is 1.99. The van der Waals surface area contributed by atoms with E-state index in [4.69, 9.17) is 5.73 Å². The second-order valence-electron chi connectivity index (χ2n) is 4.15. The first-order valence-electron chi connectivity index (χ1n) is 5.96. The summed E-state index contributed by atoms with van der Waals surface area (Å²) in [5.41, 5.74) is 7.94. The number of nitrogens with two attached hydrogens (primary N) is 1. The number of carbonyl (C=O) groups is 1. The first-order valence-corrected chi connectivity index (χ1v) is 7.18. The van der Waals surface area contributed by atoms with E-state index in [1.807, 2.05) is 24.3 Å². The maximum atomic E-state index is 11.0. The van der Waals surface area contributed by atoms with Crippen molar-refractivity contribution in [1.82, 2.24) is 0 Å². The Morgan fingerprint density at radius 1 is 1.21 bits per heavy atom. The van der Waals surface area contributed by atoms with Gasteiger partial charge in [0, 0.05) is 22.7 Å². The number of primary amides is 1. The van der Waals surface area contributed by atoms with Gasteiger partial charge in [-0.3, -0.25) is 4.79 Å². The summed E-state index contributed by atoms with van der Waals surface area (Å²) in [4.78, 5) is 12.2. The van der Waals surface area contributed by atoms with E-state index in [2.05, 4.69) is 23.7 Å². The largest absolute Gasteiger partial charge is 0.381 e. The zero-order valence-electron chi connectivity index (χ0n) is 10.7. The van der Waals surface area contributed by atoms with Crippen LogP contribution in [0.15, 0.2) is 53.4 Å². The summed E-state index contributed by atoms with van der Waals surface area (Å²) in [5, 5.41) is 3.35. The van der Waals surface area contributed by atoms with Gasteiger partial charge in [0.25, 0.3) is 0 Å². The lowest BCUT2D eigenvalue weighted by Gasteiger charge is -2.08. The third kappa shape index (κ3) is 3.76. The number of hydrogen-bond donors (Lipinski definition) is 2. The molecule has 3 nitrogen and oxygen atoms in total. The first-order chi connectivity index (χ1) is 9.19. The lowest BCUT2D eigenvalue weighted by Crippen LogP contribution is -2.10. The second kappa shape index (κ2) is 6.29. The average Bonchev–Trinajstić information content (AvgIpc) is 2.46. The molecular formula is C15H16N2OS. The number of anilines is 1. The third-order valence-corrected chi connectivity index (χ3v) is 3.53. The Hall–Kier alpha value is -1.94. The highest BCUT2D eigenvalue weighted by atomic mass is 32.2. The lowest BCUT2D eigenvalue weighted by molar-refractivity contribution is 0.100. The second-order valence-corrected chi connectivity index (χ2v) is 5.03. The van der Waals surface area contributed by atoms with Crippen molar-refractivity contribution in [3.05, 3.63) is 59.7 Å². The Kier molecular flexibility index (Phi) is 4.47. The highest BCUT2D eigenvalue weighted by molar-refractivity contribution is 7.98. The van der Waals surface area contributed by atoms with E-state index in [-0.39, 0.29) is 0 Å². The number of hydrogen-bond acceptors (Lipinski definition) is 3. The molecule has 2 aromatic carbocycles. The fourth-order valence-electron chi connectivity index (χ4n) is 1.72. The standard InChI is InChI=1S/C15H16N2OS/c1-19-14-4-2-3-13(9-14)17-10-11-5-7-12(8-6-11)15(16)18/h2-9,17H,10H2,1H3,(H2,16,18). The van der Waals surface area contributed by atoms with Crippen molar-refractivity contribution in [3.8, 4) is 0 Å². The molecule has 0 heterocycles. The molecule has 0 fully saturated rings. The summed E-state index contributed by atoms with van der Waals surface area (Å²) in [6, 6.07) is 15.6. The van der Waals surface area contributed by atoms with Gasteiger partial charge in [-0.2, -0.15) is 0 Å². The topological polar surface area (TPSA) is 55.1 Å². The molecule has 1 amide bonds. The summed E-state index contributed by atoms with van der Waals surface area (Å²) in [6.07, 6.45) is 2.06. The molecule has 0 atom stereocenters. The van der Waals surface area contributed by atoms with Crippen molar-refractivity contribution in [2.75, 3.05) is 11.6 Å². The van der Waals surface area contributed by atoms with Gasteiger partial charge in [-0.15, -0.1) is 11.8 Å². The van der Waals surface area contributed by atoms with Crippen molar-refractivity contribution in [2.45, 2.75) is 11.4 Å². The monoisotopic (exact) mass is 272 g/mol. The number of benzene rings is 2. The Bertz CT molecular complexity index is 567. The van der Waals surface area contributed by atoms with E-state index >= 15 is 0 Å². The predicted molar refractivity (Wildman–Crippen MR) is 80.5 cm³/mol. The maximum absolute atomic E-state index is 11.0. The Labute approximate surface area is 117 Å². The van der Waals surface area contributed by atoms with E-state index in [0.717, 1.165) is 17.8 Å². The van der Waals surface area contributed by atoms with Crippen LogP contribution in [0, 0.1) is 0 Å². The molecule has 0 aliphatic heterocycles. The van der Waals surface area contributed by atoms with Gasteiger partial charge in [-0.1, -0.05) is 18.2 Å². The highest BCUT2D eigenvalue weighted by Gasteiger charge is 2.00. The van der Waals surface area contributed by atoms with Crippen LogP contribution in [0.25, 0.3) is 0 Å².